The van der Waals surface area contributed by atoms with Crippen LogP contribution >= 0.6 is 0 Å². The Morgan fingerprint density at radius 2 is 1.41 bits per heavy atom. The highest BCUT2D eigenvalue weighted by atomic mass is 16.2. The van der Waals surface area contributed by atoms with E-state index in [4.69, 9.17) is 0 Å². The van der Waals surface area contributed by atoms with Crippen LogP contribution in [0.25, 0.3) is 21.8 Å². The van der Waals surface area contributed by atoms with Crippen LogP contribution in [-0.4, -0.2) is 26.6 Å². The molecule has 0 bridgehead atoms. The normalized spacial score (nSPS) is 16.5. The third-order valence-electron chi connectivity index (χ3n) is 6.69. The van der Waals surface area contributed by atoms with E-state index < -0.39 is 11.3 Å². The van der Waals surface area contributed by atoms with Crippen LogP contribution in [0.3, 0.4) is 0 Å². The van der Waals surface area contributed by atoms with Crippen LogP contribution in [0.5, 0.6) is 0 Å². The molecule has 0 saturated heterocycles. The van der Waals surface area contributed by atoms with Crippen molar-refractivity contribution in [2.75, 3.05) is 0 Å². The maximum atomic E-state index is 12.8. The second-order valence-electron chi connectivity index (χ2n) is 8.56. The van der Waals surface area contributed by atoms with Gasteiger partial charge in [0.2, 0.25) is 5.91 Å². The molecule has 2 N–H and O–H groups in total. The lowest BCUT2D eigenvalue weighted by Crippen LogP contribution is -2.36. The van der Waals surface area contributed by atoms with Crippen LogP contribution in [0, 0.1) is 5.92 Å². The first-order valence-corrected chi connectivity index (χ1v) is 10.7. The molecule has 5 rings (SSSR count). The Kier molecular flexibility index (Phi) is 4.63. The monoisotopic (exact) mass is 423 g/mol. The minimum absolute atomic E-state index is 0.0432. The number of nitrogens with zero attached hydrogens (tertiary/aromatic N) is 1. The van der Waals surface area contributed by atoms with Gasteiger partial charge in [-0.25, -0.2) is 0 Å². The van der Waals surface area contributed by atoms with Gasteiger partial charge in [0, 0.05) is 58.9 Å². The summed E-state index contributed by atoms with van der Waals surface area (Å²) in [4.78, 5) is 33.4. The number of carbonyl (C=O) groups is 2. The highest BCUT2D eigenvalue weighted by Gasteiger charge is 2.42. The summed E-state index contributed by atoms with van der Waals surface area (Å²) in [6.45, 7) is 5.29. The number of amides is 1. The van der Waals surface area contributed by atoms with Gasteiger partial charge in [0.25, 0.3) is 0 Å². The molecule has 0 radical (unpaired) electrons. The summed E-state index contributed by atoms with van der Waals surface area (Å²) < 4.78 is 0. The molecule has 0 spiro atoms. The van der Waals surface area contributed by atoms with Crippen molar-refractivity contribution in [2.45, 2.75) is 26.2 Å². The highest BCUT2D eigenvalue weighted by molar-refractivity contribution is 5.93. The summed E-state index contributed by atoms with van der Waals surface area (Å²) >= 11 is 0. The Hall–Kier alpha value is -3.86. The number of para-hydroxylation sites is 2. The number of hydrogen-bond donors (Lipinski definition) is 2. The van der Waals surface area contributed by atoms with Gasteiger partial charge < -0.3 is 9.97 Å². The molecular formula is C27H25N3O2. The number of H-pyrrole nitrogens is 2. The summed E-state index contributed by atoms with van der Waals surface area (Å²) in [6.07, 6.45) is 9.43. The second-order valence-corrected chi connectivity index (χ2v) is 8.56. The average molecular weight is 424 g/mol. The van der Waals surface area contributed by atoms with Crippen molar-refractivity contribution in [3.8, 4) is 0 Å². The molecule has 0 unspecified atom stereocenters. The fraction of sp³-hybridized carbons (Fsp3) is 0.185. The van der Waals surface area contributed by atoms with Gasteiger partial charge in [-0.3, -0.25) is 14.5 Å². The number of rotatable bonds is 4. The van der Waals surface area contributed by atoms with Crippen molar-refractivity contribution in [3.05, 3.63) is 96.1 Å². The number of nitrogens with one attached hydrogen (secondary N) is 2. The first kappa shape index (κ1) is 20.1. The fourth-order valence-corrected chi connectivity index (χ4v) is 4.97. The van der Waals surface area contributed by atoms with E-state index in [1.54, 1.807) is 18.0 Å². The highest BCUT2D eigenvalue weighted by Crippen LogP contribution is 2.48. The third kappa shape index (κ3) is 2.93. The topological polar surface area (TPSA) is 69.0 Å². The Labute approximate surface area is 186 Å². The largest absolute Gasteiger partial charge is 0.361 e. The van der Waals surface area contributed by atoms with E-state index in [1.165, 1.54) is 6.92 Å². The van der Waals surface area contributed by atoms with E-state index in [1.807, 2.05) is 61.1 Å². The number of hydrogen-bond acceptors (Lipinski definition) is 2. The zero-order valence-electron chi connectivity index (χ0n) is 18.3. The van der Waals surface area contributed by atoms with Gasteiger partial charge in [0.15, 0.2) is 0 Å². The molecule has 160 valence electrons. The van der Waals surface area contributed by atoms with E-state index in [9.17, 15) is 9.59 Å². The molecule has 5 nitrogen and oxygen atoms in total. The number of fused-ring (bicyclic) bond motifs is 2. The lowest BCUT2D eigenvalue weighted by Gasteiger charge is -2.38. The predicted octanol–water partition coefficient (Wildman–Crippen LogP) is 5.42. The van der Waals surface area contributed by atoms with Gasteiger partial charge in [-0.1, -0.05) is 42.5 Å². The van der Waals surface area contributed by atoms with Crippen LogP contribution < -0.4 is 0 Å². The van der Waals surface area contributed by atoms with Crippen LogP contribution in [0.2, 0.25) is 0 Å². The Bertz CT molecular complexity index is 1340. The van der Waals surface area contributed by atoms with E-state index in [0.29, 0.717) is 0 Å². The molecule has 0 fully saturated rings. The molecule has 1 amide bonds. The second kappa shape index (κ2) is 7.38. The Morgan fingerprint density at radius 1 is 0.875 bits per heavy atom. The Morgan fingerprint density at radius 3 is 1.91 bits per heavy atom. The smallest absolute Gasteiger partial charge is 0.227 e. The van der Waals surface area contributed by atoms with Crippen molar-refractivity contribution < 1.29 is 9.59 Å². The number of allylic oxidation sites excluding steroid dienone is 2. The van der Waals surface area contributed by atoms with Gasteiger partial charge in [0.1, 0.15) is 5.78 Å². The van der Waals surface area contributed by atoms with E-state index >= 15 is 0 Å². The maximum Gasteiger partial charge on any atom is 0.227 e. The van der Waals surface area contributed by atoms with Crippen molar-refractivity contribution >= 4 is 33.5 Å². The first-order chi connectivity index (χ1) is 15.4. The number of carbonyl (C=O) groups excluding carboxylic acids is 2. The molecule has 5 heteroatoms. The molecule has 2 aromatic heterocycles. The summed E-state index contributed by atoms with van der Waals surface area (Å²) in [7, 11) is 0. The van der Waals surface area contributed by atoms with Crippen molar-refractivity contribution in [2.24, 2.45) is 5.92 Å². The number of Topliss-reactive ketones (excluding diaryl/α,β-unsaturated/α-hetero) is 1. The van der Waals surface area contributed by atoms with Gasteiger partial charge >= 0.3 is 0 Å². The van der Waals surface area contributed by atoms with Crippen LogP contribution in [0.1, 0.15) is 31.9 Å². The summed E-state index contributed by atoms with van der Waals surface area (Å²) in [5.74, 6) is -0.486. The quantitative estimate of drug-likeness (QED) is 0.460. The fourth-order valence-electron chi connectivity index (χ4n) is 4.97. The molecule has 4 aromatic rings. The summed E-state index contributed by atoms with van der Waals surface area (Å²) in [5, 5.41) is 2.18. The summed E-state index contributed by atoms with van der Waals surface area (Å²) in [5.41, 5.74) is 4.39. The minimum Gasteiger partial charge on any atom is -0.361 e. The van der Waals surface area contributed by atoms with Crippen LogP contribution in [0.15, 0.2) is 85.0 Å². The van der Waals surface area contributed by atoms with E-state index in [0.717, 1.165) is 38.5 Å². The van der Waals surface area contributed by atoms with Crippen molar-refractivity contribution in [1.29, 1.82) is 0 Å². The number of ketones is 1. The number of benzene rings is 2. The SMILES string of the molecule is CC(=O)[C@H]1C=CN(C(C)=O)C=C1C(C)(c1c[nH]c2ccccc12)c1c[nH]c2ccccc12. The van der Waals surface area contributed by atoms with Crippen molar-refractivity contribution in [3.63, 3.8) is 0 Å². The molecule has 1 aliphatic rings. The number of aromatic nitrogens is 2. The van der Waals surface area contributed by atoms with Gasteiger partial charge in [-0.05, 0) is 42.7 Å². The van der Waals surface area contributed by atoms with Gasteiger partial charge in [-0.15, -0.1) is 0 Å². The molecule has 2 aromatic carbocycles. The van der Waals surface area contributed by atoms with E-state index in [-0.39, 0.29) is 11.7 Å². The number of aromatic amines is 2. The van der Waals surface area contributed by atoms with Crippen LogP contribution in [-0.2, 0) is 15.0 Å². The molecular weight excluding hydrogens is 398 g/mol. The lowest BCUT2D eigenvalue weighted by atomic mass is 9.65. The molecule has 1 aliphatic heterocycles. The van der Waals surface area contributed by atoms with Crippen molar-refractivity contribution in [1.82, 2.24) is 14.9 Å². The van der Waals surface area contributed by atoms with Crippen LogP contribution in [0.4, 0.5) is 0 Å². The minimum atomic E-state index is -0.673. The zero-order chi connectivity index (χ0) is 22.5. The summed E-state index contributed by atoms with van der Waals surface area (Å²) in [6, 6.07) is 16.3. The Balaban J connectivity index is 1.86. The maximum absolute atomic E-state index is 12.8. The van der Waals surface area contributed by atoms with Gasteiger partial charge in [-0.2, -0.15) is 0 Å². The lowest BCUT2D eigenvalue weighted by molar-refractivity contribution is -0.125. The standard InChI is InChI=1S/C27H25N3O2/c1-17(31)19-12-13-30(18(2)32)16-24(19)27(3,22-14-28-25-10-6-4-8-20(22)25)23-15-29-26-11-7-5-9-21(23)26/h4-16,19,28-29H,1-3H3/t19-/m1/s1. The van der Waals surface area contributed by atoms with E-state index in [2.05, 4.69) is 29.0 Å². The molecule has 0 aliphatic carbocycles. The average Bonchev–Trinajstić information content (AvgIpc) is 3.43. The predicted molar refractivity (Wildman–Crippen MR) is 127 cm³/mol. The van der Waals surface area contributed by atoms with Gasteiger partial charge in [0.05, 0.1) is 5.92 Å². The molecule has 3 heterocycles. The molecule has 32 heavy (non-hydrogen) atoms. The molecule has 0 saturated carbocycles. The third-order valence-corrected chi connectivity index (χ3v) is 6.69. The first-order valence-electron chi connectivity index (χ1n) is 10.7. The zero-order valence-corrected chi connectivity index (χ0v) is 18.3. The molecule has 1 atom stereocenters.